The topological polar surface area (TPSA) is 48.0 Å². The van der Waals surface area contributed by atoms with Gasteiger partial charge in [-0.1, -0.05) is 30.4 Å². The minimum Gasteiger partial charge on any atom is -0.389 e. The van der Waals surface area contributed by atoms with Crippen LogP contribution < -0.4 is 11.3 Å². The summed E-state index contributed by atoms with van der Waals surface area (Å²) >= 11 is 6.76. The molecule has 1 aromatic heterocycles. The third-order valence-electron chi connectivity index (χ3n) is 3.50. The van der Waals surface area contributed by atoms with Crippen molar-refractivity contribution in [2.45, 2.75) is 17.4 Å². The van der Waals surface area contributed by atoms with Crippen LogP contribution in [0.3, 0.4) is 0 Å². The average Bonchev–Trinajstić information content (AvgIpc) is 2.84. The SMILES string of the molecule is NC(=S)c1cccn(CC2CSc3ccccc32)c1=O. The van der Waals surface area contributed by atoms with Crippen LogP contribution >= 0.6 is 24.0 Å². The van der Waals surface area contributed by atoms with E-state index in [9.17, 15) is 4.79 Å². The molecule has 0 spiro atoms. The molecule has 0 fully saturated rings. The molecule has 1 aliphatic rings. The van der Waals surface area contributed by atoms with Crippen LogP contribution in [0.2, 0.25) is 0 Å². The highest BCUT2D eigenvalue weighted by Crippen LogP contribution is 2.39. The van der Waals surface area contributed by atoms with E-state index in [-0.39, 0.29) is 10.5 Å². The molecule has 2 heterocycles. The molecule has 2 N–H and O–H groups in total. The maximum absolute atomic E-state index is 12.3. The van der Waals surface area contributed by atoms with E-state index >= 15 is 0 Å². The van der Waals surface area contributed by atoms with Crippen molar-refractivity contribution in [1.29, 1.82) is 0 Å². The number of thioether (sulfide) groups is 1. The van der Waals surface area contributed by atoms with Gasteiger partial charge in [-0.2, -0.15) is 0 Å². The Kier molecular flexibility index (Phi) is 3.63. The predicted octanol–water partition coefficient (Wildman–Crippen LogP) is 2.37. The van der Waals surface area contributed by atoms with E-state index in [4.69, 9.17) is 18.0 Å². The second-order valence-corrected chi connectivity index (χ2v) is 6.29. The summed E-state index contributed by atoms with van der Waals surface area (Å²) in [4.78, 5) is 13.8. The smallest absolute Gasteiger partial charge is 0.260 e. The van der Waals surface area contributed by atoms with Crippen molar-refractivity contribution in [1.82, 2.24) is 4.57 Å². The lowest BCUT2D eigenvalue weighted by Gasteiger charge is -2.13. The molecule has 20 heavy (non-hydrogen) atoms. The third kappa shape index (κ3) is 2.39. The van der Waals surface area contributed by atoms with E-state index in [1.807, 2.05) is 30.0 Å². The van der Waals surface area contributed by atoms with Crippen molar-refractivity contribution in [3.05, 3.63) is 64.1 Å². The molecule has 0 bridgehead atoms. The molecule has 1 aromatic carbocycles. The highest BCUT2D eigenvalue weighted by molar-refractivity contribution is 7.99. The maximum Gasteiger partial charge on any atom is 0.260 e. The highest BCUT2D eigenvalue weighted by atomic mass is 32.2. The molecule has 1 aliphatic heterocycles. The lowest BCUT2D eigenvalue weighted by molar-refractivity contribution is 0.587. The Labute approximate surface area is 126 Å². The van der Waals surface area contributed by atoms with Gasteiger partial charge in [0.15, 0.2) is 0 Å². The molecule has 1 atom stereocenters. The van der Waals surface area contributed by atoms with Gasteiger partial charge in [0.1, 0.15) is 4.99 Å². The number of nitrogens with two attached hydrogens (primary N) is 1. The van der Waals surface area contributed by atoms with Gasteiger partial charge in [0.05, 0.1) is 5.56 Å². The van der Waals surface area contributed by atoms with Crippen LogP contribution in [0.15, 0.2) is 52.3 Å². The second-order valence-electron chi connectivity index (χ2n) is 4.79. The van der Waals surface area contributed by atoms with E-state index in [1.54, 1.807) is 16.8 Å². The summed E-state index contributed by atoms with van der Waals surface area (Å²) in [5.74, 6) is 1.36. The first kappa shape index (κ1) is 13.4. The first-order chi connectivity index (χ1) is 9.66. The number of pyridine rings is 1. The van der Waals surface area contributed by atoms with Crippen molar-refractivity contribution < 1.29 is 0 Å². The minimum atomic E-state index is -0.102. The molecular weight excluding hydrogens is 288 g/mol. The summed E-state index contributed by atoms with van der Waals surface area (Å²) in [5.41, 5.74) is 7.22. The zero-order valence-corrected chi connectivity index (χ0v) is 12.4. The summed E-state index contributed by atoms with van der Waals surface area (Å²) in [7, 11) is 0. The Morgan fingerprint density at radius 2 is 2.15 bits per heavy atom. The van der Waals surface area contributed by atoms with Gasteiger partial charge >= 0.3 is 0 Å². The monoisotopic (exact) mass is 302 g/mol. The number of hydrogen-bond acceptors (Lipinski definition) is 3. The third-order valence-corrected chi connectivity index (χ3v) is 4.97. The number of fused-ring (bicyclic) bond motifs is 1. The van der Waals surface area contributed by atoms with Gasteiger partial charge in [-0.3, -0.25) is 4.79 Å². The quantitative estimate of drug-likeness (QED) is 0.884. The van der Waals surface area contributed by atoms with E-state index in [0.29, 0.717) is 18.0 Å². The van der Waals surface area contributed by atoms with E-state index in [0.717, 1.165) is 5.75 Å². The number of rotatable bonds is 3. The molecule has 102 valence electrons. The fraction of sp³-hybridized carbons (Fsp3) is 0.200. The summed E-state index contributed by atoms with van der Waals surface area (Å²) < 4.78 is 1.71. The second kappa shape index (κ2) is 5.42. The Bertz CT molecular complexity index is 724. The molecule has 5 heteroatoms. The summed E-state index contributed by atoms with van der Waals surface area (Å²) in [6, 6.07) is 11.9. The Hall–Kier alpha value is -1.59. The minimum absolute atomic E-state index is 0.102. The van der Waals surface area contributed by atoms with Gasteiger partial charge < -0.3 is 10.3 Å². The number of nitrogens with zero attached hydrogens (tertiary/aromatic N) is 1. The van der Waals surface area contributed by atoms with Crippen LogP contribution in [-0.4, -0.2) is 15.3 Å². The largest absolute Gasteiger partial charge is 0.389 e. The predicted molar refractivity (Wildman–Crippen MR) is 86.5 cm³/mol. The first-order valence-electron chi connectivity index (χ1n) is 6.38. The average molecular weight is 302 g/mol. The summed E-state index contributed by atoms with van der Waals surface area (Å²) in [6.07, 6.45) is 1.80. The lowest BCUT2D eigenvalue weighted by atomic mass is 10.0. The van der Waals surface area contributed by atoms with Gasteiger partial charge in [0, 0.05) is 29.3 Å². The Morgan fingerprint density at radius 1 is 1.35 bits per heavy atom. The summed E-state index contributed by atoms with van der Waals surface area (Å²) in [6.45, 7) is 0.666. The van der Waals surface area contributed by atoms with Crippen LogP contribution in [0.5, 0.6) is 0 Å². The number of aromatic nitrogens is 1. The number of thiocarbonyl (C=S) groups is 1. The summed E-state index contributed by atoms with van der Waals surface area (Å²) in [5, 5.41) is 0. The number of benzene rings is 1. The van der Waals surface area contributed by atoms with E-state index in [2.05, 4.69) is 12.1 Å². The van der Waals surface area contributed by atoms with Crippen LogP contribution in [0.1, 0.15) is 17.0 Å². The first-order valence-corrected chi connectivity index (χ1v) is 7.77. The highest BCUT2D eigenvalue weighted by Gasteiger charge is 2.23. The van der Waals surface area contributed by atoms with E-state index in [1.165, 1.54) is 10.5 Å². The van der Waals surface area contributed by atoms with E-state index < -0.39 is 0 Å². The molecule has 1 unspecified atom stereocenters. The fourth-order valence-corrected chi connectivity index (χ4v) is 3.88. The van der Waals surface area contributed by atoms with Crippen LogP contribution in [0.4, 0.5) is 0 Å². The lowest BCUT2D eigenvalue weighted by Crippen LogP contribution is -2.30. The number of hydrogen-bond donors (Lipinski definition) is 1. The molecule has 0 saturated heterocycles. The molecule has 0 amide bonds. The molecule has 3 rings (SSSR count). The van der Waals surface area contributed by atoms with Crippen molar-refractivity contribution in [3.8, 4) is 0 Å². The van der Waals surface area contributed by atoms with Gasteiger partial charge in [-0.15, -0.1) is 11.8 Å². The van der Waals surface area contributed by atoms with Crippen molar-refractivity contribution in [2.75, 3.05) is 5.75 Å². The maximum atomic E-state index is 12.3. The standard InChI is InChI=1S/C15H14N2OS2/c16-14(19)12-5-3-7-17(15(12)18)8-10-9-20-13-6-2-1-4-11(10)13/h1-7,10H,8-9H2,(H2,16,19). The van der Waals surface area contributed by atoms with Crippen molar-refractivity contribution in [3.63, 3.8) is 0 Å². The zero-order chi connectivity index (χ0) is 14.1. The molecule has 0 saturated carbocycles. The molecular formula is C15H14N2OS2. The Morgan fingerprint density at radius 3 is 2.95 bits per heavy atom. The molecule has 3 nitrogen and oxygen atoms in total. The molecule has 2 aromatic rings. The Balaban J connectivity index is 1.92. The molecule has 0 aliphatic carbocycles. The molecule has 0 radical (unpaired) electrons. The zero-order valence-electron chi connectivity index (χ0n) is 10.8. The fourth-order valence-electron chi connectivity index (χ4n) is 2.49. The van der Waals surface area contributed by atoms with Crippen LogP contribution in [0, 0.1) is 0 Å². The van der Waals surface area contributed by atoms with Crippen LogP contribution in [0.25, 0.3) is 0 Å². The van der Waals surface area contributed by atoms with Crippen molar-refractivity contribution in [2.24, 2.45) is 5.73 Å². The van der Waals surface area contributed by atoms with Gasteiger partial charge in [0.25, 0.3) is 5.56 Å². The van der Waals surface area contributed by atoms with Gasteiger partial charge in [-0.25, -0.2) is 0 Å². The van der Waals surface area contributed by atoms with Gasteiger partial charge in [0.2, 0.25) is 0 Å². The van der Waals surface area contributed by atoms with Crippen LogP contribution in [-0.2, 0) is 6.54 Å². The van der Waals surface area contributed by atoms with Gasteiger partial charge in [-0.05, 0) is 23.8 Å². The normalized spacial score (nSPS) is 16.9. The van der Waals surface area contributed by atoms with Crippen molar-refractivity contribution >= 4 is 29.0 Å².